The number of rotatable bonds is 6. The molecule has 6 nitrogen and oxygen atoms in total. The van der Waals surface area contributed by atoms with Crippen molar-refractivity contribution in [3.63, 3.8) is 0 Å². The minimum absolute atomic E-state index is 0.0384. The molecule has 0 unspecified atom stereocenters. The lowest BCUT2D eigenvalue weighted by atomic mass is 10.2. The summed E-state index contributed by atoms with van der Waals surface area (Å²) in [6.45, 7) is 0.547. The first-order valence-corrected chi connectivity index (χ1v) is 6.71. The van der Waals surface area contributed by atoms with Crippen LogP contribution in [0.1, 0.15) is 16.1 Å². The number of nitrogens with zero attached hydrogens (tertiary/aromatic N) is 2. The number of imidazole rings is 1. The Morgan fingerprint density at radius 2 is 2.05 bits per heavy atom. The van der Waals surface area contributed by atoms with Crippen LogP contribution in [0, 0.1) is 0 Å². The highest BCUT2D eigenvalue weighted by molar-refractivity contribution is 5.96. The number of benzene rings is 1. The van der Waals surface area contributed by atoms with Crippen LogP contribution in [0.15, 0.2) is 42.9 Å². The minimum atomic E-state index is -0.179. The maximum absolute atomic E-state index is 12.1. The van der Waals surface area contributed by atoms with Crippen LogP contribution >= 0.6 is 0 Å². The van der Waals surface area contributed by atoms with Gasteiger partial charge in [-0.2, -0.15) is 0 Å². The highest BCUT2D eigenvalue weighted by Gasteiger charge is 2.14. The van der Waals surface area contributed by atoms with Gasteiger partial charge >= 0.3 is 0 Å². The zero-order valence-electron chi connectivity index (χ0n) is 11.9. The molecule has 6 heteroatoms. The van der Waals surface area contributed by atoms with Gasteiger partial charge in [0.25, 0.3) is 5.91 Å². The summed E-state index contributed by atoms with van der Waals surface area (Å²) in [5.41, 5.74) is 1.54. The third kappa shape index (κ3) is 4.45. The quantitative estimate of drug-likeness (QED) is 0.826. The molecule has 0 aliphatic rings. The van der Waals surface area contributed by atoms with Crippen LogP contribution in [-0.4, -0.2) is 46.8 Å². The Labute approximate surface area is 123 Å². The average molecular weight is 286 g/mol. The number of hydrogen-bond acceptors (Lipinski definition) is 3. The van der Waals surface area contributed by atoms with Crippen LogP contribution < -0.4 is 5.32 Å². The zero-order valence-corrected chi connectivity index (χ0v) is 11.9. The lowest BCUT2D eigenvalue weighted by Gasteiger charge is -2.16. The normalized spacial score (nSPS) is 10.1. The molecule has 2 amide bonds. The largest absolute Gasteiger partial charge is 0.354 e. The summed E-state index contributed by atoms with van der Waals surface area (Å²) in [7, 11) is 1.61. The second-order valence-electron chi connectivity index (χ2n) is 4.70. The van der Waals surface area contributed by atoms with Crippen molar-refractivity contribution in [2.75, 3.05) is 20.1 Å². The predicted octanol–water partition coefficient (Wildman–Crippen LogP) is 0.841. The van der Waals surface area contributed by atoms with Crippen LogP contribution in [-0.2, 0) is 11.2 Å². The average Bonchev–Trinajstić information content (AvgIpc) is 3.00. The Morgan fingerprint density at radius 1 is 1.29 bits per heavy atom. The molecule has 0 saturated heterocycles. The van der Waals surface area contributed by atoms with Gasteiger partial charge in [0, 0.05) is 37.5 Å². The number of hydrogen-bond donors (Lipinski definition) is 2. The van der Waals surface area contributed by atoms with E-state index in [1.54, 1.807) is 43.8 Å². The fourth-order valence-corrected chi connectivity index (χ4v) is 1.90. The smallest absolute Gasteiger partial charge is 0.254 e. The Balaban J connectivity index is 1.75. The molecule has 0 radical (unpaired) electrons. The molecular weight excluding hydrogens is 268 g/mol. The molecule has 0 atom stereocenters. The van der Waals surface area contributed by atoms with Gasteiger partial charge in [-0.05, 0) is 12.1 Å². The van der Waals surface area contributed by atoms with Crippen molar-refractivity contribution >= 4 is 11.8 Å². The summed E-state index contributed by atoms with van der Waals surface area (Å²) >= 11 is 0. The third-order valence-corrected chi connectivity index (χ3v) is 3.02. The molecule has 21 heavy (non-hydrogen) atoms. The van der Waals surface area contributed by atoms with Crippen LogP contribution in [0.5, 0.6) is 0 Å². The number of amides is 2. The SMILES string of the molecule is CN(CC(=O)NCCc1cnc[nH]1)C(=O)c1ccccc1. The van der Waals surface area contributed by atoms with Crippen molar-refractivity contribution in [1.82, 2.24) is 20.2 Å². The summed E-state index contributed by atoms with van der Waals surface area (Å²) in [5, 5.41) is 2.78. The Kier molecular flexibility index (Phi) is 5.09. The van der Waals surface area contributed by atoms with Crippen LogP contribution in [0.4, 0.5) is 0 Å². The summed E-state index contributed by atoms with van der Waals surface area (Å²) < 4.78 is 0. The van der Waals surface area contributed by atoms with Gasteiger partial charge < -0.3 is 15.2 Å². The maximum atomic E-state index is 12.1. The van der Waals surface area contributed by atoms with E-state index < -0.39 is 0 Å². The molecular formula is C15H18N4O2. The topological polar surface area (TPSA) is 78.1 Å². The monoisotopic (exact) mass is 286 g/mol. The van der Waals surface area contributed by atoms with Gasteiger partial charge in [-0.25, -0.2) is 4.98 Å². The van der Waals surface area contributed by atoms with Gasteiger partial charge in [-0.3, -0.25) is 9.59 Å². The second kappa shape index (κ2) is 7.23. The molecule has 0 aliphatic heterocycles. The van der Waals surface area contributed by atoms with E-state index in [-0.39, 0.29) is 18.4 Å². The maximum Gasteiger partial charge on any atom is 0.254 e. The van der Waals surface area contributed by atoms with Crippen molar-refractivity contribution in [3.8, 4) is 0 Å². The van der Waals surface area contributed by atoms with Gasteiger partial charge in [0.1, 0.15) is 0 Å². The number of H-pyrrole nitrogens is 1. The van der Waals surface area contributed by atoms with E-state index in [0.29, 0.717) is 18.5 Å². The van der Waals surface area contributed by atoms with Gasteiger partial charge in [-0.1, -0.05) is 18.2 Å². The molecule has 0 aliphatic carbocycles. The van der Waals surface area contributed by atoms with Crippen molar-refractivity contribution < 1.29 is 9.59 Å². The lowest BCUT2D eigenvalue weighted by molar-refractivity contribution is -0.121. The van der Waals surface area contributed by atoms with Gasteiger partial charge in [0.05, 0.1) is 12.9 Å². The van der Waals surface area contributed by atoms with E-state index >= 15 is 0 Å². The fourth-order valence-electron chi connectivity index (χ4n) is 1.90. The highest BCUT2D eigenvalue weighted by atomic mass is 16.2. The molecule has 2 N–H and O–H groups in total. The van der Waals surface area contributed by atoms with Gasteiger partial charge in [-0.15, -0.1) is 0 Å². The van der Waals surface area contributed by atoms with Crippen molar-refractivity contribution in [3.05, 3.63) is 54.1 Å². The van der Waals surface area contributed by atoms with E-state index in [0.717, 1.165) is 5.69 Å². The molecule has 2 aromatic rings. The molecule has 110 valence electrons. The summed E-state index contributed by atoms with van der Waals surface area (Å²) in [5.74, 6) is -0.347. The Hall–Kier alpha value is -2.63. The number of carbonyl (C=O) groups excluding carboxylic acids is 2. The minimum Gasteiger partial charge on any atom is -0.354 e. The van der Waals surface area contributed by atoms with Crippen molar-refractivity contribution in [2.24, 2.45) is 0 Å². The molecule has 0 spiro atoms. The Bertz CT molecular complexity index is 581. The van der Waals surface area contributed by atoms with E-state index in [1.165, 1.54) is 4.90 Å². The van der Waals surface area contributed by atoms with Crippen LogP contribution in [0.2, 0.25) is 0 Å². The Morgan fingerprint density at radius 3 is 2.71 bits per heavy atom. The molecule has 1 heterocycles. The number of likely N-dealkylation sites (N-methyl/N-ethyl adjacent to an activating group) is 1. The fraction of sp³-hybridized carbons (Fsp3) is 0.267. The predicted molar refractivity (Wildman–Crippen MR) is 78.7 cm³/mol. The standard InChI is InChI=1S/C15H18N4O2/c1-19(15(21)12-5-3-2-4-6-12)10-14(20)17-8-7-13-9-16-11-18-13/h2-6,9,11H,7-8,10H2,1H3,(H,16,18)(H,17,20). The van der Waals surface area contributed by atoms with Gasteiger partial charge in [0.2, 0.25) is 5.91 Å². The van der Waals surface area contributed by atoms with Crippen LogP contribution in [0.25, 0.3) is 0 Å². The summed E-state index contributed by atoms with van der Waals surface area (Å²) in [6, 6.07) is 8.90. The number of aromatic amines is 1. The zero-order chi connectivity index (χ0) is 15.1. The van der Waals surface area contributed by atoms with Crippen LogP contribution in [0.3, 0.4) is 0 Å². The molecule has 2 rings (SSSR count). The lowest BCUT2D eigenvalue weighted by Crippen LogP contribution is -2.39. The van der Waals surface area contributed by atoms with E-state index in [1.807, 2.05) is 6.07 Å². The first kappa shape index (κ1) is 14.8. The number of carbonyl (C=O) groups is 2. The molecule has 0 saturated carbocycles. The van der Waals surface area contributed by atoms with E-state index in [4.69, 9.17) is 0 Å². The molecule has 1 aromatic carbocycles. The van der Waals surface area contributed by atoms with Crippen molar-refractivity contribution in [2.45, 2.75) is 6.42 Å². The highest BCUT2D eigenvalue weighted by Crippen LogP contribution is 2.02. The van der Waals surface area contributed by atoms with E-state index in [2.05, 4.69) is 15.3 Å². The van der Waals surface area contributed by atoms with Gasteiger partial charge in [0.15, 0.2) is 0 Å². The number of nitrogens with one attached hydrogen (secondary N) is 2. The third-order valence-electron chi connectivity index (χ3n) is 3.02. The molecule has 0 fully saturated rings. The summed E-state index contributed by atoms with van der Waals surface area (Å²) in [6.07, 6.45) is 4.00. The number of aromatic nitrogens is 2. The molecule has 0 bridgehead atoms. The first-order chi connectivity index (χ1) is 10.2. The second-order valence-corrected chi connectivity index (χ2v) is 4.70. The first-order valence-electron chi connectivity index (χ1n) is 6.71. The van der Waals surface area contributed by atoms with E-state index in [9.17, 15) is 9.59 Å². The summed E-state index contributed by atoms with van der Waals surface area (Å²) in [4.78, 5) is 32.1. The molecule has 1 aromatic heterocycles. The van der Waals surface area contributed by atoms with Crippen molar-refractivity contribution in [1.29, 1.82) is 0 Å².